The van der Waals surface area contributed by atoms with Crippen molar-refractivity contribution in [2.45, 2.75) is 6.92 Å². The van der Waals surface area contributed by atoms with Crippen molar-refractivity contribution < 1.29 is 0 Å². The molecule has 0 saturated carbocycles. The molecule has 15 aromatic rings. The van der Waals surface area contributed by atoms with Crippen molar-refractivity contribution in [3.63, 3.8) is 0 Å². The molecule has 75 heavy (non-hydrogen) atoms. The summed E-state index contributed by atoms with van der Waals surface area (Å²) in [5.41, 5.74) is 12.1. The van der Waals surface area contributed by atoms with Gasteiger partial charge in [0.25, 0.3) is 0 Å². The van der Waals surface area contributed by atoms with Gasteiger partial charge < -0.3 is 4.57 Å². The van der Waals surface area contributed by atoms with E-state index in [0.29, 0.717) is 17.6 Å². The van der Waals surface area contributed by atoms with Gasteiger partial charge in [0.15, 0.2) is 11.6 Å². The first-order valence-corrected chi connectivity index (χ1v) is 25.5. The van der Waals surface area contributed by atoms with Crippen LogP contribution in [0.5, 0.6) is 0 Å². The largest absolute Gasteiger partial charge is 0.309 e. The molecule has 5 heteroatoms. The highest BCUT2D eigenvalue weighted by Crippen LogP contribution is 2.42. The minimum Gasteiger partial charge on any atom is -0.309 e. The molecular weight excluding hydrogens is 911 g/mol. The van der Waals surface area contributed by atoms with Gasteiger partial charge in [0, 0.05) is 32.7 Å². The van der Waals surface area contributed by atoms with Crippen molar-refractivity contribution >= 4 is 104 Å². The molecule has 3 aromatic heterocycles. The van der Waals surface area contributed by atoms with Crippen LogP contribution in [0.15, 0.2) is 243 Å². The lowest BCUT2D eigenvalue weighted by atomic mass is 9.96. The van der Waals surface area contributed by atoms with Gasteiger partial charge in [-0.2, -0.15) is 9.97 Å². The van der Waals surface area contributed by atoms with E-state index in [4.69, 9.17) is 15.0 Å². The van der Waals surface area contributed by atoms with Crippen LogP contribution in [0.2, 0.25) is 0 Å². The Morgan fingerprint density at radius 3 is 1.31 bits per heavy atom. The van der Waals surface area contributed by atoms with Crippen LogP contribution in [0.1, 0.15) is 11.1 Å². The monoisotopic (exact) mass is 955 g/mol. The number of benzene rings is 12. The summed E-state index contributed by atoms with van der Waals surface area (Å²) in [6.07, 6.45) is 6.07. The van der Waals surface area contributed by atoms with Crippen LogP contribution >= 0.6 is 0 Å². The fourth-order valence-electron chi connectivity index (χ4n) is 12.0. The van der Waals surface area contributed by atoms with Crippen molar-refractivity contribution in [1.82, 2.24) is 24.1 Å². The summed E-state index contributed by atoms with van der Waals surface area (Å²) < 4.78 is 4.67. The molecule has 0 aliphatic carbocycles. The van der Waals surface area contributed by atoms with Gasteiger partial charge >= 0.3 is 0 Å². The third-order valence-corrected chi connectivity index (χ3v) is 15.5. The first-order chi connectivity index (χ1) is 37.1. The molecule has 0 unspecified atom stereocenters. The van der Waals surface area contributed by atoms with Crippen molar-refractivity contribution in [3.8, 4) is 45.5 Å². The molecule has 350 valence electrons. The molecule has 12 aromatic carbocycles. The molecule has 0 bridgehead atoms. The average molecular weight is 956 g/mol. The summed E-state index contributed by atoms with van der Waals surface area (Å²) in [7, 11) is 0. The van der Waals surface area contributed by atoms with Gasteiger partial charge in [-0.1, -0.05) is 195 Å². The maximum Gasteiger partial charge on any atom is 0.238 e. The van der Waals surface area contributed by atoms with Crippen LogP contribution in [0.4, 0.5) is 0 Å². The molecule has 5 nitrogen and oxygen atoms in total. The van der Waals surface area contributed by atoms with E-state index in [1.165, 1.54) is 49.0 Å². The molecule has 0 spiro atoms. The van der Waals surface area contributed by atoms with E-state index in [9.17, 15) is 0 Å². The average Bonchev–Trinajstić information content (AvgIpc) is 4.00. The lowest BCUT2D eigenvalue weighted by Gasteiger charge is -2.16. The molecule has 0 atom stereocenters. The second-order valence-corrected chi connectivity index (χ2v) is 19.6. The minimum atomic E-state index is 0.560. The summed E-state index contributed by atoms with van der Waals surface area (Å²) in [5.74, 6) is 1.80. The predicted molar refractivity (Wildman–Crippen MR) is 316 cm³/mol. The number of allylic oxidation sites excluding steroid dienone is 2. The van der Waals surface area contributed by atoms with Gasteiger partial charge in [-0.3, -0.25) is 4.57 Å². The maximum atomic E-state index is 5.52. The van der Waals surface area contributed by atoms with E-state index in [1.807, 2.05) is 12.2 Å². The van der Waals surface area contributed by atoms with Crippen LogP contribution in [0.3, 0.4) is 0 Å². The number of aromatic nitrogens is 5. The summed E-state index contributed by atoms with van der Waals surface area (Å²) >= 11 is 0. The first-order valence-electron chi connectivity index (χ1n) is 25.5. The molecule has 0 aliphatic heterocycles. The smallest absolute Gasteiger partial charge is 0.238 e. The van der Waals surface area contributed by atoms with E-state index < -0.39 is 0 Å². The second-order valence-electron chi connectivity index (χ2n) is 19.6. The highest BCUT2D eigenvalue weighted by atomic mass is 15.2. The number of fused-ring (bicyclic) bond motifs is 13. The van der Waals surface area contributed by atoms with Gasteiger partial charge in [-0.25, -0.2) is 4.98 Å². The molecule has 0 N–H and O–H groups in total. The zero-order valence-electron chi connectivity index (χ0n) is 41.0. The first kappa shape index (κ1) is 42.7. The highest BCUT2D eigenvalue weighted by molar-refractivity contribution is 6.16. The number of hydrogen-bond donors (Lipinski definition) is 0. The van der Waals surface area contributed by atoms with E-state index in [2.05, 4.69) is 253 Å². The Hall–Kier alpha value is -9.97. The zero-order valence-corrected chi connectivity index (χ0v) is 41.0. The third-order valence-electron chi connectivity index (χ3n) is 15.5. The Labute approximate surface area is 432 Å². The van der Waals surface area contributed by atoms with Crippen molar-refractivity contribution in [1.29, 1.82) is 0 Å². The topological polar surface area (TPSA) is 48.5 Å². The molecule has 0 radical (unpaired) electrons. The summed E-state index contributed by atoms with van der Waals surface area (Å²) in [6, 6.07) is 81.0. The highest BCUT2D eigenvalue weighted by Gasteiger charge is 2.23. The third kappa shape index (κ3) is 6.61. The van der Waals surface area contributed by atoms with Crippen LogP contribution in [-0.4, -0.2) is 24.1 Å². The van der Waals surface area contributed by atoms with Gasteiger partial charge in [0.05, 0.1) is 27.8 Å². The Morgan fingerprint density at radius 2 is 0.773 bits per heavy atom. The van der Waals surface area contributed by atoms with Gasteiger partial charge in [0.2, 0.25) is 5.95 Å². The van der Waals surface area contributed by atoms with Crippen LogP contribution in [0, 0.1) is 6.92 Å². The van der Waals surface area contributed by atoms with Gasteiger partial charge in [-0.05, 0) is 138 Å². The van der Waals surface area contributed by atoms with Crippen LogP contribution < -0.4 is 0 Å². The Balaban J connectivity index is 0.944. The van der Waals surface area contributed by atoms with Gasteiger partial charge in [-0.15, -0.1) is 0 Å². The number of nitrogens with zero attached hydrogens (tertiary/aromatic N) is 5. The Kier molecular flexibility index (Phi) is 9.57. The zero-order chi connectivity index (χ0) is 49.7. The second kappa shape index (κ2) is 16.8. The Bertz CT molecular complexity index is 4800. The van der Waals surface area contributed by atoms with Crippen molar-refractivity contribution in [2.24, 2.45) is 0 Å². The number of para-hydroxylation sites is 2. The fourth-order valence-corrected chi connectivity index (χ4v) is 12.0. The lowest BCUT2D eigenvalue weighted by molar-refractivity contribution is 0.955. The van der Waals surface area contributed by atoms with Crippen molar-refractivity contribution in [2.75, 3.05) is 0 Å². The minimum absolute atomic E-state index is 0.560. The summed E-state index contributed by atoms with van der Waals surface area (Å²) in [6.45, 7) is 6.21. The van der Waals surface area contributed by atoms with Crippen molar-refractivity contribution in [3.05, 3.63) is 254 Å². The van der Waals surface area contributed by atoms with Gasteiger partial charge in [0.1, 0.15) is 0 Å². The molecule has 0 aliphatic rings. The maximum absolute atomic E-state index is 5.52. The van der Waals surface area contributed by atoms with E-state index >= 15 is 0 Å². The molecule has 0 fully saturated rings. The molecular formula is C70H45N5. The molecule has 15 rings (SSSR count). The Morgan fingerprint density at radius 1 is 0.360 bits per heavy atom. The van der Waals surface area contributed by atoms with E-state index in [-0.39, 0.29) is 0 Å². The van der Waals surface area contributed by atoms with Crippen LogP contribution in [0.25, 0.3) is 149 Å². The van der Waals surface area contributed by atoms with E-state index in [1.54, 1.807) is 0 Å². The fraction of sp³-hybridized carbons (Fsp3) is 0.0143. The normalized spacial score (nSPS) is 12.1. The molecule has 0 saturated heterocycles. The molecule has 0 amide bonds. The summed E-state index contributed by atoms with van der Waals surface area (Å²) in [4.78, 5) is 16.5. The standard InChI is InChI=1S/C70H45N5/c1-3-4-22-49-43(2)67(42-48-21-7-8-23-50(48)49)74-63-32-17-15-30-57(63)59-38-44(34-36-65(59)74)45-35-37-66-60(39-45)58-31-16-18-33-64(58)75(66)70-72-68(61-40-46-19-5-9-24-51(46)53-26-11-13-28-55(53)61)71-69(73-70)62-41-47-20-6-10-25-52(47)54-27-12-14-29-56(54)62/h3-42H,1H2,2H3/b22-4-. The van der Waals surface area contributed by atoms with Crippen LogP contribution in [-0.2, 0) is 0 Å². The number of rotatable bonds is 7. The predicted octanol–water partition coefficient (Wildman–Crippen LogP) is 18.3. The number of hydrogen-bond acceptors (Lipinski definition) is 3. The lowest BCUT2D eigenvalue weighted by Crippen LogP contribution is -2.07. The quantitative estimate of drug-likeness (QED) is 0.118. The summed E-state index contributed by atoms with van der Waals surface area (Å²) in [5, 5.41) is 16.2. The molecule has 3 heterocycles. The SMILES string of the molecule is C=C/C=C\c1c(C)c(-n2c3ccccc3c3cc(-c4ccc5c(c4)c4ccccc4n5-c4nc(-c5cc6ccccc6c6ccccc56)nc(-c5cc6ccccc6c6ccccc56)n4)ccc32)cc2ccccc12. The van der Waals surface area contributed by atoms with E-state index in [0.717, 1.165) is 87.6 Å².